The van der Waals surface area contributed by atoms with E-state index in [1.54, 1.807) is 16.7 Å². The number of ether oxygens (including phenoxy) is 1. The van der Waals surface area contributed by atoms with Gasteiger partial charge in [0.1, 0.15) is 11.4 Å². The number of benzene rings is 1. The van der Waals surface area contributed by atoms with Gasteiger partial charge in [-0.3, -0.25) is 24.8 Å². The number of hydrazine groups is 1. The van der Waals surface area contributed by atoms with Gasteiger partial charge in [-0.05, 0) is 55.3 Å². The number of hydrogen-bond donors (Lipinski definition) is 2. The van der Waals surface area contributed by atoms with E-state index < -0.39 is 11.8 Å². The van der Waals surface area contributed by atoms with Crippen molar-refractivity contribution in [3.05, 3.63) is 70.6 Å². The molecule has 0 aliphatic rings. The van der Waals surface area contributed by atoms with Crippen LogP contribution in [-0.4, -0.2) is 27.8 Å². The lowest BCUT2D eigenvalue weighted by molar-refractivity contribution is -0.128. The molecule has 7 nitrogen and oxygen atoms in total. The van der Waals surface area contributed by atoms with Crippen LogP contribution in [0.2, 0.25) is 5.15 Å². The highest BCUT2D eigenvalue weighted by Crippen LogP contribution is 2.18. The summed E-state index contributed by atoms with van der Waals surface area (Å²) >= 11 is 6.10. The summed E-state index contributed by atoms with van der Waals surface area (Å²) in [4.78, 5) is 28.0. The van der Waals surface area contributed by atoms with Crippen LogP contribution in [0.25, 0.3) is 11.7 Å². The van der Waals surface area contributed by atoms with Crippen molar-refractivity contribution >= 4 is 35.1 Å². The van der Waals surface area contributed by atoms with Gasteiger partial charge in [0.25, 0.3) is 11.8 Å². The molecule has 0 saturated heterocycles. The number of nitrogens with one attached hydrogen (secondary N) is 2. The lowest BCUT2D eigenvalue weighted by Crippen LogP contribution is -2.43. The fourth-order valence-electron chi connectivity index (χ4n) is 2.66. The van der Waals surface area contributed by atoms with Gasteiger partial charge in [0.2, 0.25) is 0 Å². The Bertz CT molecular complexity index is 1040. The number of halogens is 1. The largest absolute Gasteiger partial charge is 0.484 e. The van der Waals surface area contributed by atoms with Crippen molar-refractivity contribution in [2.75, 3.05) is 6.61 Å². The standard InChI is InChI=1S/C20H19ClN4O3/c1-13-9-14(2)11-15(10-13)28-12-19(27)24-23-18(26)7-6-16-20(21)22-17-5-3-4-8-25(16)17/h3-11H,12H2,1-2H3,(H,23,26)(H,24,27)/b7-6+. The smallest absolute Gasteiger partial charge is 0.276 e. The van der Waals surface area contributed by atoms with E-state index in [0.717, 1.165) is 11.1 Å². The average Bonchev–Trinajstić information content (AvgIpc) is 2.97. The Morgan fingerprint density at radius 3 is 2.68 bits per heavy atom. The molecule has 0 spiro atoms. The predicted molar refractivity (Wildman–Crippen MR) is 107 cm³/mol. The molecule has 3 aromatic rings. The van der Waals surface area contributed by atoms with Gasteiger partial charge < -0.3 is 4.74 Å². The highest BCUT2D eigenvalue weighted by Gasteiger charge is 2.08. The number of aryl methyl sites for hydroxylation is 2. The zero-order valence-electron chi connectivity index (χ0n) is 15.4. The van der Waals surface area contributed by atoms with Crippen molar-refractivity contribution in [3.63, 3.8) is 0 Å². The first-order valence-corrected chi connectivity index (χ1v) is 8.91. The highest BCUT2D eigenvalue weighted by atomic mass is 35.5. The Morgan fingerprint density at radius 2 is 1.93 bits per heavy atom. The summed E-state index contributed by atoms with van der Waals surface area (Å²) in [5.41, 5.74) is 7.91. The van der Waals surface area contributed by atoms with Crippen LogP contribution in [0.15, 0.2) is 48.7 Å². The van der Waals surface area contributed by atoms with Crippen LogP contribution in [0, 0.1) is 13.8 Å². The quantitative estimate of drug-likeness (QED) is 0.511. The van der Waals surface area contributed by atoms with Gasteiger partial charge in [0, 0.05) is 12.3 Å². The number of carbonyl (C=O) groups excluding carboxylic acids is 2. The molecule has 0 aliphatic carbocycles. The summed E-state index contributed by atoms with van der Waals surface area (Å²) in [7, 11) is 0. The number of imidazole rings is 1. The SMILES string of the molecule is Cc1cc(C)cc(OCC(=O)NNC(=O)/C=C/c2c(Cl)nc3ccccn23)c1. The molecular formula is C20H19ClN4O3. The van der Waals surface area contributed by atoms with Gasteiger partial charge in [0.15, 0.2) is 11.8 Å². The summed E-state index contributed by atoms with van der Waals surface area (Å²) in [5.74, 6) is -0.392. The molecule has 3 rings (SSSR count). The van der Waals surface area contributed by atoms with Crippen LogP contribution < -0.4 is 15.6 Å². The summed E-state index contributed by atoms with van der Waals surface area (Å²) in [6.07, 6.45) is 4.57. The molecule has 1 aromatic carbocycles. The molecule has 28 heavy (non-hydrogen) atoms. The fraction of sp³-hybridized carbons (Fsp3) is 0.150. The Balaban J connectivity index is 1.51. The summed E-state index contributed by atoms with van der Waals surface area (Å²) in [6.45, 7) is 3.68. The maximum Gasteiger partial charge on any atom is 0.276 e. The van der Waals surface area contributed by atoms with Gasteiger partial charge in [-0.2, -0.15) is 0 Å². The van der Waals surface area contributed by atoms with Crippen LogP contribution in [0.1, 0.15) is 16.8 Å². The molecule has 2 amide bonds. The molecule has 8 heteroatoms. The minimum atomic E-state index is -0.512. The first kappa shape index (κ1) is 19.4. The molecule has 0 bridgehead atoms. The topological polar surface area (TPSA) is 84.7 Å². The lowest BCUT2D eigenvalue weighted by atomic mass is 10.1. The molecule has 0 radical (unpaired) electrons. The number of nitrogens with zero attached hydrogens (tertiary/aromatic N) is 2. The molecule has 2 heterocycles. The zero-order chi connectivity index (χ0) is 20.1. The molecule has 0 saturated carbocycles. The first-order chi connectivity index (χ1) is 13.4. The zero-order valence-corrected chi connectivity index (χ0v) is 16.2. The molecule has 2 N–H and O–H groups in total. The predicted octanol–water partition coefficient (Wildman–Crippen LogP) is 2.84. The minimum absolute atomic E-state index is 0.216. The maximum atomic E-state index is 11.9. The molecule has 144 valence electrons. The second-order valence-electron chi connectivity index (χ2n) is 6.20. The number of pyridine rings is 1. The van der Waals surface area contributed by atoms with Crippen LogP contribution in [-0.2, 0) is 9.59 Å². The van der Waals surface area contributed by atoms with E-state index in [9.17, 15) is 9.59 Å². The normalized spacial score (nSPS) is 11.0. The van der Waals surface area contributed by atoms with E-state index in [-0.39, 0.29) is 11.8 Å². The highest BCUT2D eigenvalue weighted by molar-refractivity contribution is 6.31. The Hall–Kier alpha value is -3.32. The van der Waals surface area contributed by atoms with Gasteiger partial charge in [-0.1, -0.05) is 23.7 Å². The molecule has 0 unspecified atom stereocenters. The van der Waals surface area contributed by atoms with Crippen LogP contribution in [0.3, 0.4) is 0 Å². The van der Waals surface area contributed by atoms with Gasteiger partial charge in [-0.15, -0.1) is 0 Å². The van der Waals surface area contributed by atoms with Crippen molar-refractivity contribution in [1.82, 2.24) is 20.2 Å². The average molecular weight is 399 g/mol. The summed E-state index contributed by atoms with van der Waals surface area (Å²) < 4.78 is 7.19. The van der Waals surface area contributed by atoms with Gasteiger partial charge in [0.05, 0.1) is 5.69 Å². The van der Waals surface area contributed by atoms with E-state index >= 15 is 0 Å². The van der Waals surface area contributed by atoms with Crippen molar-refractivity contribution in [2.24, 2.45) is 0 Å². The maximum absolute atomic E-state index is 11.9. The van der Waals surface area contributed by atoms with Crippen molar-refractivity contribution in [3.8, 4) is 5.75 Å². The summed E-state index contributed by atoms with van der Waals surface area (Å²) in [6, 6.07) is 11.2. The Morgan fingerprint density at radius 1 is 1.18 bits per heavy atom. The van der Waals surface area contributed by atoms with Crippen molar-refractivity contribution < 1.29 is 14.3 Å². The Labute approximate surface area is 167 Å². The lowest BCUT2D eigenvalue weighted by Gasteiger charge is -2.09. The summed E-state index contributed by atoms with van der Waals surface area (Å²) in [5, 5.41) is 0.279. The van der Waals surface area contributed by atoms with E-state index in [1.807, 2.05) is 44.2 Å². The number of aromatic nitrogens is 2. The first-order valence-electron chi connectivity index (χ1n) is 8.53. The third-order valence-corrected chi connectivity index (χ3v) is 4.08. The van der Waals surface area contributed by atoms with Crippen molar-refractivity contribution in [2.45, 2.75) is 13.8 Å². The van der Waals surface area contributed by atoms with Gasteiger partial charge in [-0.25, -0.2) is 4.98 Å². The van der Waals surface area contributed by atoms with Crippen LogP contribution >= 0.6 is 11.6 Å². The second-order valence-corrected chi connectivity index (χ2v) is 6.56. The third kappa shape index (κ3) is 4.89. The third-order valence-electron chi connectivity index (χ3n) is 3.80. The molecule has 2 aromatic heterocycles. The molecule has 0 aliphatic heterocycles. The number of fused-ring (bicyclic) bond motifs is 1. The number of rotatable bonds is 5. The monoisotopic (exact) mass is 398 g/mol. The molecule has 0 fully saturated rings. The number of amides is 2. The van der Waals surface area contributed by atoms with E-state index in [0.29, 0.717) is 17.1 Å². The van der Waals surface area contributed by atoms with Crippen LogP contribution in [0.5, 0.6) is 5.75 Å². The fourth-order valence-corrected chi connectivity index (χ4v) is 2.90. The minimum Gasteiger partial charge on any atom is -0.484 e. The molecular weight excluding hydrogens is 380 g/mol. The number of hydrogen-bond acceptors (Lipinski definition) is 4. The Kier molecular flexibility index (Phi) is 5.96. The second kappa shape index (κ2) is 8.58. The van der Waals surface area contributed by atoms with Crippen molar-refractivity contribution in [1.29, 1.82) is 0 Å². The van der Waals surface area contributed by atoms with E-state index in [1.165, 1.54) is 12.2 Å². The van der Waals surface area contributed by atoms with Crippen LogP contribution in [0.4, 0.5) is 0 Å². The van der Waals surface area contributed by atoms with Gasteiger partial charge >= 0.3 is 0 Å². The van der Waals surface area contributed by atoms with E-state index in [2.05, 4.69) is 15.8 Å². The molecule has 0 atom stereocenters. The van der Waals surface area contributed by atoms with E-state index in [4.69, 9.17) is 16.3 Å². The number of carbonyl (C=O) groups is 2.